The minimum atomic E-state index is -3.58. The molecule has 0 saturated carbocycles. The van der Waals surface area contributed by atoms with Crippen LogP contribution in [0.5, 0.6) is 0 Å². The predicted octanol–water partition coefficient (Wildman–Crippen LogP) is 7.07. The Labute approximate surface area is 224 Å². The Kier molecular flexibility index (Phi) is 9.58. The summed E-state index contributed by atoms with van der Waals surface area (Å²) in [5, 5.41) is 0. The minimum Gasteiger partial charge on any atom is -0.289 e. The van der Waals surface area contributed by atoms with Crippen molar-refractivity contribution in [3.05, 3.63) is 102 Å². The number of piperazine rings is 1. The molecule has 0 aromatic heterocycles. The van der Waals surface area contributed by atoms with Gasteiger partial charge < -0.3 is 0 Å². The van der Waals surface area contributed by atoms with E-state index in [2.05, 4.69) is 79.4 Å². The highest BCUT2D eigenvalue weighted by Gasteiger charge is 2.40. The van der Waals surface area contributed by atoms with Gasteiger partial charge in [0.15, 0.2) is 0 Å². The smallest absolute Gasteiger partial charge is 0.243 e. The van der Waals surface area contributed by atoms with Crippen LogP contribution in [0.1, 0.15) is 68.7 Å². The Morgan fingerprint density at radius 1 is 0.811 bits per heavy atom. The normalized spacial score (nSPS) is 18.2. The van der Waals surface area contributed by atoms with Gasteiger partial charge in [-0.15, -0.1) is 0 Å². The van der Waals surface area contributed by atoms with E-state index in [0.29, 0.717) is 24.5 Å². The molecule has 1 fully saturated rings. The molecule has 0 aliphatic carbocycles. The molecule has 0 spiro atoms. The molecule has 0 N–H and O–H groups in total. The fourth-order valence-corrected chi connectivity index (χ4v) is 7.33. The zero-order chi connectivity index (χ0) is 26.3. The third-order valence-electron chi connectivity index (χ3n) is 7.79. The number of benzene rings is 3. The lowest BCUT2D eigenvalue weighted by Gasteiger charge is -2.46. The van der Waals surface area contributed by atoms with Gasteiger partial charge in [0.25, 0.3) is 0 Å². The van der Waals surface area contributed by atoms with Gasteiger partial charge in [0.1, 0.15) is 0 Å². The van der Waals surface area contributed by atoms with E-state index in [1.54, 1.807) is 12.1 Å². The van der Waals surface area contributed by atoms with E-state index >= 15 is 0 Å². The Balaban J connectivity index is 1.66. The van der Waals surface area contributed by atoms with Crippen molar-refractivity contribution in [2.24, 2.45) is 5.92 Å². The Hall–Kier alpha value is -2.47. The third kappa shape index (κ3) is 6.70. The van der Waals surface area contributed by atoms with Crippen molar-refractivity contribution in [2.45, 2.75) is 69.9 Å². The number of unbranched alkanes of at least 4 members (excludes halogenated alkanes) is 3. The van der Waals surface area contributed by atoms with Crippen LogP contribution >= 0.6 is 0 Å². The Morgan fingerprint density at radius 3 is 1.97 bits per heavy atom. The zero-order valence-electron chi connectivity index (χ0n) is 22.6. The second kappa shape index (κ2) is 12.9. The van der Waals surface area contributed by atoms with Gasteiger partial charge in [0.2, 0.25) is 10.0 Å². The number of hydrogen-bond acceptors (Lipinski definition) is 3. The van der Waals surface area contributed by atoms with Gasteiger partial charge in [0.05, 0.1) is 10.9 Å². The molecule has 198 valence electrons. The standard InChI is InChI=1S/C32H42N2O2S/c1-4-5-6-9-14-27(3)31-25-33(23-24-34(31)37(35,36)30-21-19-26(2)20-22-30)32(28-15-10-7-11-16-28)29-17-12-8-13-18-29/h7-8,10-13,15-22,27,31-32H,4-6,9,14,23-25H2,1-3H3/t27-,31-/m0/s1. The van der Waals surface area contributed by atoms with Gasteiger partial charge in [0, 0.05) is 25.7 Å². The van der Waals surface area contributed by atoms with E-state index in [0.717, 1.165) is 18.4 Å². The van der Waals surface area contributed by atoms with E-state index in [9.17, 15) is 8.42 Å². The molecule has 1 heterocycles. The van der Waals surface area contributed by atoms with Gasteiger partial charge in [-0.3, -0.25) is 4.90 Å². The second-order valence-corrected chi connectivity index (χ2v) is 12.4. The van der Waals surface area contributed by atoms with Crippen molar-refractivity contribution in [3.63, 3.8) is 0 Å². The van der Waals surface area contributed by atoms with Gasteiger partial charge in [-0.2, -0.15) is 4.31 Å². The number of hydrogen-bond donors (Lipinski definition) is 0. The van der Waals surface area contributed by atoms with Crippen LogP contribution in [0.15, 0.2) is 89.8 Å². The molecule has 0 unspecified atom stereocenters. The fourth-order valence-electron chi connectivity index (χ4n) is 5.63. The summed E-state index contributed by atoms with van der Waals surface area (Å²) in [6, 6.07) is 28.6. The molecule has 4 rings (SSSR count). The number of aryl methyl sites for hydroxylation is 1. The first kappa shape index (κ1) is 27.6. The number of rotatable bonds is 11. The van der Waals surface area contributed by atoms with Crippen molar-refractivity contribution in [3.8, 4) is 0 Å². The van der Waals surface area contributed by atoms with Crippen molar-refractivity contribution in [1.82, 2.24) is 9.21 Å². The molecule has 0 amide bonds. The number of sulfonamides is 1. The van der Waals surface area contributed by atoms with Crippen LogP contribution < -0.4 is 0 Å². The molecule has 5 heteroatoms. The van der Waals surface area contributed by atoms with E-state index in [1.807, 2.05) is 23.4 Å². The van der Waals surface area contributed by atoms with Crippen molar-refractivity contribution < 1.29 is 8.42 Å². The quantitative estimate of drug-likeness (QED) is 0.255. The van der Waals surface area contributed by atoms with E-state index < -0.39 is 10.0 Å². The van der Waals surface area contributed by atoms with Crippen LogP contribution in [0.4, 0.5) is 0 Å². The number of nitrogens with zero attached hydrogens (tertiary/aromatic N) is 2. The monoisotopic (exact) mass is 518 g/mol. The molecule has 3 aromatic rings. The third-order valence-corrected chi connectivity index (χ3v) is 9.73. The molecule has 4 nitrogen and oxygen atoms in total. The van der Waals surface area contributed by atoms with Gasteiger partial charge in [-0.25, -0.2) is 8.42 Å². The molecule has 2 atom stereocenters. The lowest BCUT2D eigenvalue weighted by atomic mass is 9.91. The summed E-state index contributed by atoms with van der Waals surface area (Å²) < 4.78 is 29.6. The average molecular weight is 519 g/mol. The Morgan fingerprint density at radius 2 is 1.41 bits per heavy atom. The summed E-state index contributed by atoms with van der Waals surface area (Å²) in [7, 11) is -3.58. The SMILES string of the molecule is CCCCCC[C@H](C)[C@@H]1CN(C(c2ccccc2)c2ccccc2)CCN1S(=O)(=O)c1ccc(C)cc1. The molecule has 1 aliphatic heterocycles. The largest absolute Gasteiger partial charge is 0.289 e. The molecule has 1 aliphatic rings. The van der Waals surface area contributed by atoms with Crippen molar-refractivity contribution in [1.29, 1.82) is 0 Å². The molecule has 1 saturated heterocycles. The highest BCUT2D eigenvalue weighted by Crippen LogP contribution is 2.35. The van der Waals surface area contributed by atoms with Crippen LogP contribution in [-0.4, -0.2) is 43.3 Å². The van der Waals surface area contributed by atoms with Crippen molar-refractivity contribution >= 4 is 10.0 Å². The first-order valence-corrected chi connectivity index (χ1v) is 15.3. The van der Waals surface area contributed by atoms with E-state index in [1.165, 1.54) is 30.4 Å². The van der Waals surface area contributed by atoms with E-state index in [-0.39, 0.29) is 18.0 Å². The first-order chi connectivity index (χ1) is 17.9. The lowest BCUT2D eigenvalue weighted by Crippen LogP contribution is -2.58. The highest BCUT2D eigenvalue weighted by atomic mass is 32.2. The lowest BCUT2D eigenvalue weighted by molar-refractivity contribution is 0.0799. The van der Waals surface area contributed by atoms with Gasteiger partial charge in [-0.05, 0) is 42.5 Å². The maximum Gasteiger partial charge on any atom is 0.243 e. The van der Waals surface area contributed by atoms with Crippen LogP contribution in [-0.2, 0) is 10.0 Å². The van der Waals surface area contributed by atoms with E-state index in [4.69, 9.17) is 0 Å². The summed E-state index contributed by atoms with van der Waals surface area (Å²) in [6.07, 6.45) is 5.83. The Bertz CT molecular complexity index is 1160. The van der Waals surface area contributed by atoms with Crippen molar-refractivity contribution in [2.75, 3.05) is 19.6 Å². The molecule has 0 radical (unpaired) electrons. The topological polar surface area (TPSA) is 40.6 Å². The fraction of sp³-hybridized carbons (Fsp3) is 0.438. The second-order valence-electron chi connectivity index (χ2n) is 10.5. The van der Waals surface area contributed by atoms with Gasteiger partial charge >= 0.3 is 0 Å². The average Bonchev–Trinajstić information content (AvgIpc) is 2.92. The molecule has 0 bridgehead atoms. The first-order valence-electron chi connectivity index (χ1n) is 13.8. The van der Waals surface area contributed by atoms with Gasteiger partial charge in [-0.1, -0.05) is 118 Å². The molecular weight excluding hydrogens is 476 g/mol. The molecular formula is C32H42N2O2S. The zero-order valence-corrected chi connectivity index (χ0v) is 23.4. The summed E-state index contributed by atoms with van der Waals surface area (Å²) >= 11 is 0. The maximum atomic E-state index is 13.9. The summed E-state index contributed by atoms with van der Waals surface area (Å²) in [6.45, 7) is 8.37. The summed E-state index contributed by atoms with van der Waals surface area (Å²) in [5.41, 5.74) is 3.56. The van der Waals surface area contributed by atoms with Crippen LogP contribution in [0, 0.1) is 12.8 Å². The van der Waals surface area contributed by atoms with Crippen LogP contribution in [0.2, 0.25) is 0 Å². The molecule has 3 aromatic carbocycles. The summed E-state index contributed by atoms with van der Waals surface area (Å²) in [5.74, 6) is 0.270. The summed E-state index contributed by atoms with van der Waals surface area (Å²) in [4.78, 5) is 2.90. The van der Waals surface area contributed by atoms with Crippen LogP contribution in [0.3, 0.4) is 0 Å². The minimum absolute atomic E-state index is 0.0726. The molecule has 37 heavy (non-hydrogen) atoms. The van der Waals surface area contributed by atoms with Crippen LogP contribution in [0.25, 0.3) is 0 Å². The highest BCUT2D eigenvalue weighted by molar-refractivity contribution is 7.89. The predicted molar refractivity (Wildman–Crippen MR) is 153 cm³/mol. The maximum absolute atomic E-state index is 13.9.